The number of rotatable bonds is 5. The van der Waals surface area contributed by atoms with Crippen molar-refractivity contribution in [2.75, 3.05) is 0 Å². The van der Waals surface area contributed by atoms with Gasteiger partial charge in [0.15, 0.2) is 0 Å². The van der Waals surface area contributed by atoms with Crippen LogP contribution in [-0.2, 0) is 16.1 Å². The third kappa shape index (κ3) is 3.27. The Kier molecular flexibility index (Phi) is 3.82. The number of hydrogen-bond acceptors (Lipinski definition) is 2. The largest absolute Gasteiger partial charge is 0.461 e. The van der Waals surface area contributed by atoms with Gasteiger partial charge < -0.3 is 4.74 Å². The Labute approximate surface area is 119 Å². The summed E-state index contributed by atoms with van der Waals surface area (Å²) in [5.74, 6) is 0.915. The molecule has 1 aliphatic carbocycles. The van der Waals surface area contributed by atoms with Crippen molar-refractivity contribution in [1.82, 2.24) is 0 Å². The van der Waals surface area contributed by atoms with E-state index < -0.39 is 0 Å². The van der Waals surface area contributed by atoms with Gasteiger partial charge in [0.25, 0.3) is 0 Å². The van der Waals surface area contributed by atoms with Crippen LogP contribution in [0.3, 0.4) is 0 Å². The zero-order valence-electron chi connectivity index (χ0n) is 11.4. The van der Waals surface area contributed by atoms with Gasteiger partial charge in [-0.15, -0.1) is 0 Å². The minimum atomic E-state index is -0.0858. The smallest absolute Gasteiger partial charge is 0.306 e. The molecule has 0 bridgehead atoms. The predicted octanol–water partition coefficient (Wildman–Crippen LogP) is 3.92. The van der Waals surface area contributed by atoms with Crippen molar-refractivity contribution < 1.29 is 9.53 Å². The quantitative estimate of drug-likeness (QED) is 0.767. The molecule has 2 atom stereocenters. The van der Waals surface area contributed by atoms with Gasteiger partial charge in [-0.1, -0.05) is 60.7 Å². The van der Waals surface area contributed by atoms with Gasteiger partial charge in [-0.05, 0) is 29.4 Å². The highest BCUT2D eigenvalue weighted by Crippen LogP contribution is 2.49. The van der Waals surface area contributed by atoms with E-state index in [0.717, 1.165) is 12.0 Å². The first-order valence-corrected chi connectivity index (χ1v) is 7.07. The predicted molar refractivity (Wildman–Crippen MR) is 78.1 cm³/mol. The van der Waals surface area contributed by atoms with Crippen molar-refractivity contribution in [2.24, 2.45) is 5.92 Å². The molecule has 2 heteroatoms. The summed E-state index contributed by atoms with van der Waals surface area (Å²) < 4.78 is 5.32. The maximum Gasteiger partial charge on any atom is 0.306 e. The minimum absolute atomic E-state index is 0.0858. The van der Waals surface area contributed by atoms with E-state index in [9.17, 15) is 4.79 Å². The first-order valence-electron chi connectivity index (χ1n) is 7.07. The summed E-state index contributed by atoms with van der Waals surface area (Å²) in [6.45, 7) is 0.377. The standard InChI is InChI=1S/C18H18O2/c19-18(20-13-14-7-3-1-4-8-14)12-16-11-17(16)15-9-5-2-6-10-15/h1-10,16-17H,11-13H2. The first-order chi connectivity index (χ1) is 9.83. The molecule has 102 valence electrons. The number of hydrogen-bond donors (Lipinski definition) is 0. The van der Waals surface area contributed by atoms with Crippen LogP contribution < -0.4 is 0 Å². The molecular weight excluding hydrogens is 248 g/mol. The Hall–Kier alpha value is -2.09. The second-order valence-corrected chi connectivity index (χ2v) is 5.36. The van der Waals surface area contributed by atoms with Gasteiger partial charge in [0.05, 0.1) is 0 Å². The second-order valence-electron chi connectivity index (χ2n) is 5.36. The summed E-state index contributed by atoms with van der Waals surface area (Å²) in [6.07, 6.45) is 1.64. The molecule has 1 aliphatic rings. The molecule has 2 unspecified atom stereocenters. The zero-order chi connectivity index (χ0) is 13.8. The molecule has 20 heavy (non-hydrogen) atoms. The SMILES string of the molecule is O=C(CC1CC1c1ccccc1)OCc1ccccc1. The number of ether oxygens (including phenoxy) is 1. The molecule has 0 aliphatic heterocycles. The Morgan fingerprint density at radius 3 is 2.35 bits per heavy atom. The molecule has 2 aromatic rings. The third-order valence-electron chi connectivity index (χ3n) is 3.82. The van der Waals surface area contributed by atoms with Gasteiger partial charge in [0.1, 0.15) is 6.61 Å². The monoisotopic (exact) mass is 266 g/mol. The van der Waals surface area contributed by atoms with Crippen LogP contribution in [0, 0.1) is 5.92 Å². The number of esters is 1. The lowest BCUT2D eigenvalue weighted by Crippen LogP contribution is -2.05. The fourth-order valence-corrected chi connectivity index (χ4v) is 2.59. The summed E-state index contributed by atoms with van der Waals surface area (Å²) in [4.78, 5) is 11.8. The summed E-state index contributed by atoms with van der Waals surface area (Å²) in [6, 6.07) is 20.2. The molecule has 0 heterocycles. The summed E-state index contributed by atoms with van der Waals surface area (Å²) in [5, 5.41) is 0. The van der Waals surface area contributed by atoms with Crippen LogP contribution >= 0.6 is 0 Å². The summed E-state index contributed by atoms with van der Waals surface area (Å²) in [7, 11) is 0. The fourth-order valence-electron chi connectivity index (χ4n) is 2.59. The lowest BCUT2D eigenvalue weighted by molar-refractivity contribution is -0.145. The average Bonchev–Trinajstić information content (AvgIpc) is 3.26. The Morgan fingerprint density at radius 2 is 1.65 bits per heavy atom. The third-order valence-corrected chi connectivity index (χ3v) is 3.82. The molecule has 3 rings (SSSR count). The maximum atomic E-state index is 11.8. The van der Waals surface area contributed by atoms with E-state index in [0.29, 0.717) is 24.9 Å². The van der Waals surface area contributed by atoms with Crippen LogP contribution in [0.15, 0.2) is 60.7 Å². The van der Waals surface area contributed by atoms with E-state index in [1.165, 1.54) is 5.56 Å². The molecule has 0 N–H and O–H groups in total. The molecule has 2 aromatic carbocycles. The Morgan fingerprint density at radius 1 is 1.00 bits per heavy atom. The summed E-state index contributed by atoms with van der Waals surface area (Å²) >= 11 is 0. The molecule has 0 spiro atoms. The van der Waals surface area contributed by atoms with Crippen molar-refractivity contribution in [1.29, 1.82) is 0 Å². The molecule has 1 saturated carbocycles. The normalized spacial score (nSPS) is 20.4. The van der Waals surface area contributed by atoms with E-state index in [1.54, 1.807) is 0 Å². The highest BCUT2D eigenvalue weighted by atomic mass is 16.5. The molecular formula is C18H18O2. The molecule has 0 saturated heterocycles. The number of carbonyl (C=O) groups is 1. The van der Waals surface area contributed by atoms with Gasteiger partial charge >= 0.3 is 5.97 Å². The van der Waals surface area contributed by atoms with Crippen LogP contribution in [0.4, 0.5) is 0 Å². The highest BCUT2D eigenvalue weighted by molar-refractivity contribution is 5.70. The van der Waals surface area contributed by atoms with E-state index in [2.05, 4.69) is 24.3 Å². The van der Waals surface area contributed by atoms with Gasteiger partial charge in [-0.25, -0.2) is 0 Å². The number of benzene rings is 2. The average molecular weight is 266 g/mol. The topological polar surface area (TPSA) is 26.3 Å². The second kappa shape index (κ2) is 5.91. The van der Waals surface area contributed by atoms with Crippen LogP contribution in [0.2, 0.25) is 0 Å². The minimum Gasteiger partial charge on any atom is -0.461 e. The van der Waals surface area contributed by atoms with Gasteiger partial charge in [-0.2, -0.15) is 0 Å². The molecule has 0 amide bonds. The fraction of sp³-hybridized carbons (Fsp3) is 0.278. The van der Waals surface area contributed by atoms with Crippen molar-refractivity contribution in [3.8, 4) is 0 Å². The Bertz CT molecular complexity index is 562. The van der Waals surface area contributed by atoms with Crippen molar-refractivity contribution in [3.63, 3.8) is 0 Å². The van der Waals surface area contributed by atoms with Crippen molar-refractivity contribution >= 4 is 5.97 Å². The molecule has 0 radical (unpaired) electrons. The zero-order valence-corrected chi connectivity index (χ0v) is 11.4. The first kappa shape index (κ1) is 12.9. The van der Waals surface area contributed by atoms with Gasteiger partial charge in [0.2, 0.25) is 0 Å². The van der Waals surface area contributed by atoms with Crippen LogP contribution in [0.1, 0.15) is 29.9 Å². The lowest BCUT2D eigenvalue weighted by Gasteiger charge is -2.04. The Balaban J connectivity index is 1.45. The van der Waals surface area contributed by atoms with Crippen molar-refractivity contribution in [2.45, 2.75) is 25.4 Å². The lowest BCUT2D eigenvalue weighted by atomic mass is 10.1. The van der Waals surface area contributed by atoms with E-state index in [-0.39, 0.29) is 5.97 Å². The van der Waals surface area contributed by atoms with Crippen LogP contribution in [0.5, 0.6) is 0 Å². The maximum absolute atomic E-state index is 11.8. The number of carbonyl (C=O) groups excluding carboxylic acids is 1. The molecule has 0 aromatic heterocycles. The van der Waals surface area contributed by atoms with Gasteiger partial charge in [0, 0.05) is 6.42 Å². The highest BCUT2D eigenvalue weighted by Gasteiger charge is 2.39. The molecule has 1 fully saturated rings. The van der Waals surface area contributed by atoms with Crippen LogP contribution in [-0.4, -0.2) is 5.97 Å². The van der Waals surface area contributed by atoms with Gasteiger partial charge in [-0.3, -0.25) is 4.79 Å². The van der Waals surface area contributed by atoms with Crippen molar-refractivity contribution in [3.05, 3.63) is 71.8 Å². The van der Waals surface area contributed by atoms with E-state index >= 15 is 0 Å². The van der Waals surface area contributed by atoms with Crippen LogP contribution in [0.25, 0.3) is 0 Å². The molecule has 2 nitrogen and oxygen atoms in total. The summed E-state index contributed by atoms with van der Waals surface area (Å²) in [5.41, 5.74) is 2.38. The van der Waals surface area contributed by atoms with E-state index in [1.807, 2.05) is 36.4 Å². The van der Waals surface area contributed by atoms with E-state index in [4.69, 9.17) is 4.74 Å².